The Bertz CT molecular complexity index is 356. The third-order valence-electron chi connectivity index (χ3n) is 2.52. The van der Waals surface area contributed by atoms with E-state index >= 15 is 0 Å². The maximum absolute atomic E-state index is 13.3. The first-order chi connectivity index (χ1) is 8.10. The van der Waals surface area contributed by atoms with Gasteiger partial charge in [0.15, 0.2) is 17.9 Å². The molecule has 5 heteroatoms. The van der Waals surface area contributed by atoms with Gasteiger partial charge >= 0.3 is 0 Å². The van der Waals surface area contributed by atoms with Crippen molar-refractivity contribution >= 4 is 0 Å². The maximum Gasteiger partial charge on any atom is 0.171 e. The smallest absolute Gasteiger partial charge is 0.171 e. The van der Waals surface area contributed by atoms with Gasteiger partial charge in [-0.1, -0.05) is 12.1 Å². The van der Waals surface area contributed by atoms with Crippen molar-refractivity contribution in [3.63, 3.8) is 0 Å². The summed E-state index contributed by atoms with van der Waals surface area (Å²) in [5, 5.41) is 3.01. The summed E-state index contributed by atoms with van der Waals surface area (Å²) in [5.41, 5.74) is 0.280. The van der Waals surface area contributed by atoms with Crippen molar-refractivity contribution in [3.8, 4) is 0 Å². The minimum Gasteiger partial charge on any atom is -0.354 e. The van der Waals surface area contributed by atoms with Crippen LogP contribution in [0.2, 0.25) is 0 Å². The van der Waals surface area contributed by atoms with Crippen LogP contribution in [0.5, 0.6) is 0 Å². The van der Waals surface area contributed by atoms with Gasteiger partial charge in [-0.25, -0.2) is 8.78 Å². The summed E-state index contributed by atoms with van der Waals surface area (Å²) in [4.78, 5) is 0. The van der Waals surface area contributed by atoms with Crippen LogP contribution in [0.1, 0.15) is 12.5 Å². The second-order valence-corrected chi connectivity index (χ2v) is 3.72. The Balaban J connectivity index is 2.58. The number of nitrogens with one attached hydrogen (secondary N) is 1. The summed E-state index contributed by atoms with van der Waals surface area (Å²) in [6, 6.07) is 3.97. The lowest BCUT2D eigenvalue weighted by molar-refractivity contribution is -0.119. The second kappa shape index (κ2) is 6.64. The van der Waals surface area contributed by atoms with Crippen molar-refractivity contribution in [3.05, 3.63) is 35.4 Å². The Morgan fingerprint density at radius 3 is 2.47 bits per heavy atom. The molecule has 0 aliphatic carbocycles. The van der Waals surface area contributed by atoms with E-state index in [0.717, 1.165) is 6.07 Å². The number of methoxy groups -OCH3 is 2. The lowest BCUT2D eigenvalue weighted by Gasteiger charge is -2.22. The van der Waals surface area contributed by atoms with E-state index < -0.39 is 17.9 Å². The fraction of sp³-hybridized carbons (Fsp3) is 0.500. The Labute approximate surface area is 99.7 Å². The van der Waals surface area contributed by atoms with Crippen LogP contribution in [-0.4, -0.2) is 26.6 Å². The summed E-state index contributed by atoms with van der Waals surface area (Å²) in [5.74, 6) is -1.66. The zero-order valence-electron chi connectivity index (χ0n) is 10.2. The second-order valence-electron chi connectivity index (χ2n) is 3.72. The van der Waals surface area contributed by atoms with Crippen molar-refractivity contribution in [2.24, 2.45) is 0 Å². The Kier molecular flexibility index (Phi) is 5.47. The fourth-order valence-corrected chi connectivity index (χ4v) is 1.56. The highest BCUT2D eigenvalue weighted by atomic mass is 19.2. The third kappa shape index (κ3) is 3.73. The number of rotatable bonds is 6. The zero-order valence-corrected chi connectivity index (χ0v) is 10.2. The predicted molar refractivity (Wildman–Crippen MR) is 60.5 cm³/mol. The minimum atomic E-state index is -0.841. The molecule has 0 heterocycles. The van der Waals surface area contributed by atoms with Crippen LogP contribution >= 0.6 is 0 Å². The SMILES string of the molecule is COC(OC)C(C)NCc1cccc(F)c1F. The largest absolute Gasteiger partial charge is 0.354 e. The standard InChI is InChI=1S/C12H17F2NO2/c1-8(12(16-2)17-3)15-7-9-5-4-6-10(13)11(9)14/h4-6,8,12,15H,7H2,1-3H3. The summed E-state index contributed by atoms with van der Waals surface area (Å²) in [6.45, 7) is 2.06. The van der Waals surface area contributed by atoms with Crippen LogP contribution in [0.15, 0.2) is 18.2 Å². The summed E-state index contributed by atoms with van der Waals surface area (Å²) in [6.07, 6.45) is -0.424. The van der Waals surface area contributed by atoms with Gasteiger partial charge in [-0.2, -0.15) is 0 Å². The molecule has 0 amide bonds. The first-order valence-electron chi connectivity index (χ1n) is 5.32. The van der Waals surface area contributed by atoms with Crippen LogP contribution in [0, 0.1) is 11.6 Å². The van der Waals surface area contributed by atoms with Gasteiger partial charge in [0.2, 0.25) is 0 Å². The number of ether oxygens (including phenoxy) is 2. The van der Waals surface area contributed by atoms with Gasteiger partial charge < -0.3 is 14.8 Å². The molecule has 0 saturated heterocycles. The minimum absolute atomic E-state index is 0.132. The summed E-state index contributed by atoms with van der Waals surface area (Å²) >= 11 is 0. The van der Waals surface area contributed by atoms with Crippen molar-refractivity contribution in [1.29, 1.82) is 0 Å². The third-order valence-corrected chi connectivity index (χ3v) is 2.52. The molecule has 0 fully saturated rings. The summed E-state index contributed by atoms with van der Waals surface area (Å²) in [7, 11) is 3.05. The topological polar surface area (TPSA) is 30.5 Å². The van der Waals surface area contributed by atoms with Crippen LogP contribution in [0.4, 0.5) is 8.78 Å². The molecule has 0 aliphatic heterocycles. The average Bonchev–Trinajstić information content (AvgIpc) is 2.32. The van der Waals surface area contributed by atoms with Gasteiger partial charge in [0.05, 0.1) is 6.04 Å². The molecule has 96 valence electrons. The fourth-order valence-electron chi connectivity index (χ4n) is 1.56. The highest BCUT2D eigenvalue weighted by Gasteiger charge is 2.16. The molecule has 0 aromatic heterocycles. The van der Waals surface area contributed by atoms with Gasteiger partial charge in [-0.15, -0.1) is 0 Å². The van der Waals surface area contributed by atoms with Crippen LogP contribution in [0.25, 0.3) is 0 Å². The van der Waals surface area contributed by atoms with Gasteiger partial charge in [-0.05, 0) is 13.0 Å². The van der Waals surface area contributed by atoms with Gasteiger partial charge in [0.1, 0.15) is 0 Å². The molecule has 1 aromatic rings. The molecule has 0 spiro atoms. The maximum atomic E-state index is 13.3. The van der Waals surface area contributed by atoms with Crippen LogP contribution in [0.3, 0.4) is 0 Å². The summed E-state index contributed by atoms with van der Waals surface area (Å²) < 4.78 is 36.4. The van der Waals surface area contributed by atoms with E-state index in [1.54, 1.807) is 0 Å². The Morgan fingerprint density at radius 1 is 1.24 bits per heavy atom. The first kappa shape index (κ1) is 14.0. The Hall–Kier alpha value is -1.04. The molecule has 1 atom stereocenters. The van der Waals surface area contributed by atoms with E-state index in [2.05, 4.69) is 5.32 Å². The lowest BCUT2D eigenvalue weighted by Crippen LogP contribution is -2.39. The number of halogens is 2. The number of benzene rings is 1. The molecule has 0 bridgehead atoms. The van der Waals surface area contributed by atoms with E-state index in [1.807, 2.05) is 6.92 Å². The predicted octanol–water partition coefficient (Wildman–Crippen LogP) is 2.06. The van der Waals surface area contributed by atoms with E-state index in [4.69, 9.17) is 9.47 Å². The normalized spacial score (nSPS) is 13.1. The van der Waals surface area contributed by atoms with Crippen LogP contribution < -0.4 is 5.32 Å². The molecule has 1 aromatic carbocycles. The van der Waals surface area contributed by atoms with Crippen molar-refractivity contribution in [2.75, 3.05) is 14.2 Å². The molecule has 0 saturated carbocycles. The van der Waals surface area contributed by atoms with Crippen molar-refractivity contribution in [1.82, 2.24) is 5.32 Å². The van der Waals surface area contributed by atoms with E-state index in [-0.39, 0.29) is 18.2 Å². The molecule has 1 unspecified atom stereocenters. The van der Waals surface area contributed by atoms with E-state index in [0.29, 0.717) is 0 Å². The Morgan fingerprint density at radius 2 is 1.88 bits per heavy atom. The van der Waals surface area contributed by atoms with Crippen LogP contribution in [-0.2, 0) is 16.0 Å². The zero-order chi connectivity index (χ0) is 12.8. The van der Waals surface area contributed by atoms with Crippen molar-refractivity contribution in [2.45, 2.75) is 25.8 Å². The molecule has 1 N–H and O–H groups in total. The molecule has 0 aliphatic rings. The lowest BCUT2D eigenvalue weighted by atomic mass is 10.2. The molecule has 0 radical (unpaired) electrons. The first-order valence-corrected chi connectivity index (χ1v) is 5.32. The highest BCUT2D eigenvalue weighted by molar-refractivity contribution is 5.18. The number of hydrogen-bond donors (Lipinski definition) is 1. The van der Waals surface area contributed by atoms with Gasteiger partial charge in [0, 0.05) is 26.3 Å². The monoisotopic (exact) mass is 245 g/mol. The van der Waals surface area contributed by atoms with Gasteiger partial charge in [-0.3, -0.25) is 0 Å². The quantitative estimate of drug-likeness (QED) is 0.778. The molecule has 1 rings (SSSR count). The van der Waals surface area contributed by atoms with Gasteiger partial charge in [0.25, 0.3) is 0 Å². The molecule has 3 nitrogen and oxygen atoms in total. The highest BCUT2D eigenvalue weighted by Crippen LogP contribution is 2.11. The van der Waals surface area contributed by atoms with Crippen molar-refractivity contribution < 1.29 is 18.3 Å². The molecule has 17 heavy (non-hydrogen) atoms. The number of hydrogen-bond acceptors (Lipinski definition) is 3. The van der Waals surface area contributed by atoms with E-state index in [9.17, 15) is 8.78 Å². The average molecular weight is 245 g/mol. The molecular weight excluding hydrogens is 228 g/mol. The van der Waals surface area contributed by atoms with E-state index in [1.165, 1.54) is 26.4 Å². The molecular formula is C12H17F2NO2.